The van der Waals surface area contributed by atoms with Crippen molar-refractivity contribution in [2.45, 2.75) is 32.3 Å². The van der Waals surface area contributed by atoms with Crippen LogP contribution >= 0.6 is 11.6 Å². The summed E-state index contributed by atoms with van der Waals surface area (Å²) in [5, 5.41) is 0.329. The Hall–Kier alpha value is -1.55. The van der Waals surface area contributed by atoms with Crippen molar-refractivity contribution in [3.8, 4) is 5.75 Å². The SMILES string of the molecule is CC(Oc1cccc(Cl)c1C=O)C(=O)N1CCCCC1. The maximum atomic E-state index is 12.3. The zero-order chi connectivity index (χ0) is 14.5. The van der Waals surface area contributed by atoms with Gasteiger partial charge in [-0.3, -0.25) is 9.59 Å². The van der Waals surface area contributed by atoms with E-state index in [0.29, 0.717) is 17.1 Å². The van der Waals surface area contributed by atoms with Crippen LogP contribution in [-0.4, -0.2) is 36.3 Å². The van der Waals surface area contributed by atoms with Gasteiger partial charge in [-0.25, -0.2) is 0 Å². The molecule has 1 amide bonds. The standard InChI is InChI=1S/C15H18ClNO3/c1-11(15(19)17-8-3-2-4-9-17)20-14-7-5-6-13(16)12(14)10-18/h5-7,10-11H,2-4,8-9H2,1H3. The molecule has 1 heterocycles. The number of carbonyl (C=O) groups is 2. The number of rotatable bonds is 4. The molecule has 0 N–H and O–H groups in total. The van der Waals surface area contributed by atoms with Gasteiger partial charge in [0.05, 0.1) is 10.6 Å². The molecule has 1 aliphatic heterocycles. The monoisotopic (exact) mass is 295 g/mol. The average Bonchev–Trinajstić information content (AvgIpc) is 2.47. The Kier molecular flexibility index (Phi) is 5.01. The largest absolute Gasteiger partial charge is 0.480 e. The number of ether oxygens (including phenoxy) is 1. The molecule has 0 bridgehead atoms. The highest BCUT2D eigenvalue weighted by molar-refractivity contribution is 6.33. The molecule has 1 atom stereocenters. The number of aldehydes is 1. The van der Waals surface area contributed by atoms with E-state index in [2.05, 4.69) is 0 Å². The van der Waals surface area contributed by atoms with E-state index in [9.17, 15) is 9.59 Å². The Morgan fingerprint density at radius 1 is 1.35 bits per heavy atom. The van der Waals surface area contributed by atoms with Crippen LogP contribution in [0.1, 0.15) is 36.5 Å². The molecule has 5 heteroatoms. The van der Waals surface area contributed by atoms with Gasteiger partial charge in [0.2, 0.25) is 0 Å². The number of hydrogen-bond acceptors (Lipinski definition) is 3. The second-order valence-electron chi connectivity index (χ2n) is 4.92. The molecule has 1 unspecified atom stereocenters. The first-order chi connectivity index (χ1) is 9.63. The average molecular weight is 296 g/mol. The Labute approximate surface area is 123 Å². The molecule has 1 aromatic carbocycles. The van der Waals surface area contributed by atoms with Gasteiger partial charge in [0, 0.05) is 13.1 Å². The summed E-state index contributed by atoms with van der Waals surface area (Å²) < 4.78 is 5.63. The van der Waals surface area contributed by atoms with E-state index in [1.165, 1.54) is 6.42 Å². The van der Waals surface area contributed by atoms with Crippen molar-refractivity contribution in [3.05, 3.63) is 28.8 Å². The minimum Gasteiger partial charge on any atom is -0.480 e. The topological polar surface area (TPSA) is 46.6 Å². The number of benzene rings is 1. The molecule has 0 aromatic heterocycles. The molecule has 0 radical (unpaired) electrons. The molecule has 2 rings (SSSR count). The van der Waals surface area contributed by atoms with Crippen LogP contribution in [0.3, 0.4) is 0 Å². The van der Waals surface area contributed by atoms with Crippen molar-refractivity contribution in [2.24, 2.45) is 0 Å². The lowest BCUT2D eigenvalue weighted by molar-refractivity contribution is -0.138. The second-order valence-corrected chi connectivity index (χ2v) is 5.32. The molecule has 0 aliphatic carbocycles. The molecule has 1 aromatic rings. The van der Waals surface area contributed by atoms with Crippen molar-refractivity contribution in [1.82, 2.24) is 4.90 Å². The Bertz CT molecular complexity index is 498. The van der Waals surface area contributed by atoms with E-state index >= 15 is 0 Å². The van der Waals surface area contributed by atoms with Gasteiger partial charge in [0.25, 0.3) is 5.91 Å². The minimum atomic E-state index is -0.620. The molecule has 0 saturated carbocycles. The number of likely N-dealkylation sites (tertiary alicyclic amines) is 1. The van der Waals surface area contributed by atoms with Crippen molar-refractivity contribution < 1.29 is 14.3 Å². The third-order valence-corrected chi connectivity index (χ3v) is 3.78. The maximum absolute atomic E-state index is 12.3. The second kappa shape index (κ2) is 6.75. The lowest BCUT2D eigenvalue weighted by atomic mass is 10.1. The fraction of sp³-hybridized carbons (Fsp3) is 0.467. The summed E-state index contributed by atoms with van der Waals surface area (Å²) in [5.74, 6) is 0.312. The number of carbonyl (C=O) groups excluding carboxylic acids is 2. The predicted molar refractivity (Wildman–Crippen MR) is 77.4 cm³/mol. The highest BCUT2D eigenvalue weighted by atomic mass is 35.5. The van der Waals surface area contributed by atoms with Gasteiger partial charge in [-0.15, -0.1) is 0 Å². The highest BCUT2D eigenvalue weighted by Gasteiger charge is 2.24. The number of amides is 1. The molecule has 108 valence electrons. The van der Waals surface area contributed by atoms with Crippen LogP contribution in [0.4, 0.5) is 0 Å². The Balaban J connectivity index is 2.07. The summed E-state index contributed by atoms with van der Waals surface area (Å²) in [6.07, 6.45) is 3.27. The van der Waals surface area contributed by atoms with E-state index in [0.717, 1.165) is 25.9 Å². The Morgan fingerprint density at radius 2 is 2.05 bits per heavy atom. The van der Waals surface area contributed by atoms with Crippen LogP contribution < -0.4 is 4.74 Å². The van der Waals surface area contributed by atoms with E-state index in [-0.39, 0.29) is 11.5 Å². The first kappa shape index (κ1) is 14.9. The zero-order valence-corrected chi connectivity index (χ0v) is 12.2. The number of piperidine rings is 1. The molecule has 1 fully saturated rings. The fourth-order valence-electron chi connectivity index (χ4n) is 2.35. The van der Waals surface area contributed by atoms with Crippen LogP contribution in [0, 0.1) is 0 Å². The van der Waals surface area contributed by atoms with Gasteiger partial charge in [0.15, 0.2) is 12.4 Å². The summed E-state index contributed by atoms with van der Waals surface area (Å²) in [4.78, 5) is 25.1. The molecular formula is C15H18ClNO3. The van der Waals surface area contributed by atoms with Gasteiger partial charge < -0.3 is 9.64 Å². The van der Waals surface area contributed by atoms with Crippen molar-refractivity contribution >= 4 is 23.8 Å². The van der Waals surface area contributed by atoms with E-state index < -0.39 is 6.10 Å². The van der Waals surface area contributed by atoms with Gasteiger partial charge in [-0.2, -0.15) is 0 Å². The zero-order valence-electron chi connectivity index (χ0n) is 11.5. The van der Waals surface area contributed by atoms with Crippen LogP contribution in [0.2, 0.25) is 5.02 Å². The van der Waals surface area contributed by atoms with Crippen LogP contribution in [-0.2, 0) is 4.79 Å². The van der Waals surface area contributed by atoms with Gasteiger partial charge in [0.1, 0.15) is 5.75 Å². The number of hydrogen-bond donors (Lipinski definition) is 0. The van der Waals surface area contributed by atoms with Gasteiger partial charge >= 0.3 is 0 Å². The summed E-state index contributed by atoms with van der Waals surface area (Å²) in [6, 6.07) is 4.97. The summed E-state index contributed by atoms with van der Waals surface area (Å²) in [7, 11) is 0. The van der Waals surface area contributed by atoms with Crippen molar-refractivity contribution in [3.63, 3.8) is 0 Å². The first-order valence-corrected chi connectivity index (χ1v) is 7.20. The van der Waals surface area contributed by atoms with Crippen LogP contribution in [0.5, 0.6) is 5.75 Å². The fourth-order valence-corrected chi connectivity index (χ4v) is 2.56. The summed E-state index contributed by atoms with van der Waals surface area (Å²) in [6.45, 7) is 3.26. The minimum absolute atomic E-state index is 0.0403. The molecule has 1 saturated heterocycles. The van der Waals surface area contributed by atoms with Gasteiger partial charge in [-0.05, 0) is 38.3 Å². The van der Waals surface area contributed by atoms with Crippen LogP contribution in [0.25, 0.3) is 0 Å². The molecule has 0 spiro atoms. The van der Waals surface area contributed by atoms with Crippen molar-refractivity contribution in [1.29, 1.82) is 0 Å². The lowest BCUT2D eigenvalue weighted by Gasteiger charge is -2.29. The number of nitrogens with zero attached hydrogens (tertiary/aromatic N) is 1. The summed E-state index contributed by atoms with van der Waals surface area (Å²) in [5.41, 5.74) is 0.285. The quantitative estimate of drug-likeness (QED) is 0.802. The maximum Gasteiger partial charge on any atom is 0.263 e. The molecular weight excluding hydrogens is 278 g/mol. The van der Waals surface area contributed by atoms with E-state index in [1.807, 2.05) is 4.90 Å². The third-order valence-electron chi connectivity index (χ3n) is 3.45. The molecule has 20 heavy (non-hydrogen) atoms. The smallest absolute Gasteiger partial charge is 0.263 e. The molecule has 1 aliphatic rings. The van der Waals surface area contributed by atoms with Gasteiger partial charge in [-0.1, -0.05) is 17.7 Å². The van der Waals surface area contributed by atoms with Crippen molar-refractivity contribution in [2.75, 3.05) is 13.1 Å². The Morgan fingerprint density at radius 3 is 2.70 bits per heavy atom. The van der Waals surface area contributed by atoms with Crippen LogP contribution in [0.15, 0.2) is 18.2 Å². The van der Waals surface area contributed by atoms with E-state index in [1.54, 1.807) is 25.1 Å². The first-order valence-electron chi connectivity index (χ1n) is 6.82. The lowest BCUT2D eigenvalue weighted by Crippen LogP contribution is -2.43. The van der Waals surface area contributed by atoms with E-state index in [4.69, 9.17) is 16.3 Å². The molecule has 4 nitrogen and oxygen atoms in total. The summed E-state index contributed by atoms with van der Waals surface area (Å²) >= 11 is 5.93. The normalized spacial score (nSPS) is 16.6. The number of halogens is 1. The predicted octanol–water partition coefficient (Wildman–Crippen LogP) is 2.93. The third kappa shape index (κ3) is 3.31. The highest BCUT2D eigenvalue weighted by Crippen LogP contribution is 2.25.